The molecule has 3 N–H and O–H groups in total. The first kappa shape index (κ1) is 16.9. The van der Waals surface area contributed by atoms with Crippen LogP contribution in [0.15, 0.2) is 64.8 Å². The molecule has 0 fully saturated rings. The van der Waals surface area contributed by atoms with Crippen molar-refractivity contribution in [3.05, 3.63) is 70.5 Å². The standard InChI is InChI=1S/C17H14Cl2N4S/c18-12-5-7-13(8-6-12)24-17-15(20)16(22-10-23-17)21-9-11-3-1-2-4-14(11)19/h1-8,10H,9,20H2,(H,21,22,23). The van der Waals surface area contributed by atoms with Crippen LogP contribution >= 0.6 is 35.0 Å². The molecule has 24 heavy (non-hydrogen) atoms. The van der Waals surface area contributed by atoms with Crippen molar-refractivity contribution in [1.82, 2.24) is 9.97 Å². The molecule has 1 heterocycles. The second kappa shape index (κ2) is 7.75. The summed E-state index contributed by atoms with van der Waals surface area (Å²) in [4.78, 5) is 9.47. The maximum absolute atomic E-state index is 6.20. The Morgan fingerprint density at radius 2 is 1.75 bits per heavy atom. The van der Waals surface area contributed by atoms with Gasteiger partial charge in [-0.1, -0.05) is 53.2 Å². The minimum Gasteiger partial charge on any atom is -0.394 e. The average molecular weight is 377 g/mol. The zero-order valence-electron chi connectivity index (χ0n) is 12.5. The lowest BCUT2D eigenvalue weighted by molar-refractivity contribution is 1.03. The minimum absolute atomic E-state index is 0.504. The molecule has 3 aromatic rings. The molecule has 0 radical (unpaired) electrons. The lowest BCUT2D eigenvalue weighted by atomic mass is 10.2. The lowest BCUT2D eigenvalue weighted by Crippen LogP contribution is -2.06. The van der Waals surface area contributed by atoms with Crippen LogP contribution in [0.4, 0.5) is 11.5 Å². The summed E-state index contributed by atoms with van der Waals surface area (Å²) >= 11 is 13.5. The van der Waals surface area contributed by atoms with E-state index in [1.807, 2.05) is 48.5 Å². The van der Waals surface area contributed by atoms with E-state index in [-0.39, 0.29) is 0 Å². The molecule has 0 amide bonds. The third kappa shape index (κ3) is 4.12. The van der Waals surface area contributed by atoms with E-state index in [9.17, 15) is 0 Å². The Balaban J connectivity index is 1.75. The van der Waals surface area contributed by atoms with E-state index in [4.69, 9.17) is 28.9 Å². The molecular weight excluding hydrogens is 363 g/mol. The fraction of sp³-hybridized carbons (Fsp3) is 0.0588. The molecule has 2 aromatic carbocycles. The molecule has 0 spiro atoms. The van der Waals surface area contributed by atoms with E-state index < -0.39 is 0 Å². The Labute approximate surface area is 154 Å². The topological polar surface area (TPSA) is 63.8 Å². The van der Waals surface area contributed by atoms with Crippen LogP contribution in [-0.4, -0.2) is 9.97 Å². The monoisotopic (exact) mass is 376 g/mol. The third-order valence-electron chi connectivity index (χ3n) is 3.28. The first-order chi connectivity index (χ1) is 11.6. The van der Waals surface area contributed by atoms with E-state index >= 15 is 0 Å². The number of anilines is 2. The smallest absolute Gasteiger partial charge is 0.154 e. The average Bonchev–Trinajstić information content (AvgIpc) is 2.59. The zero-order chi connectivity index (χ0) is 16.9. The van der Waals surface area contributed by atoms with Crippen molar-refractivity contribution in [3.8, 4) is 0 Å². The van der Waals surface area contributed by atoms with Crippen molar-refractivity contribution in [1.29, 1.82) is 0 Å². The molecular formula is C17H14Cl2N4S. The van der Waals surface area contributed by atoms with Crippen LogP contribution in [0.2, 0.25) is 10.0 Å². The van der Waals surface area contributed by atoms with E-state index in [0.717, 1.165) is 10.5 Å². The summed E-state index contributed by atoms with van der Waals surface area (Å²) < 4.78 is 0. The number of benzene rings is 2. The van der Waals surface area contributed by atoms with Crippen molar-refractivity contribution >= 4 is 46.5 Å². The summed E-state index contributed by atoms with van der Waals surface area (Å²) in [5.41, 5.74) is 7.68. The number of nitrogens with zero attached hydrogens (tertiary/aromatic N) is 2. The number of rotatable bonds is 5. The first-order valence-corrected chi connectivity index (χ1v) is 8.72. The Morgan fingerprint density at radius 3 is 2.50 bits per heavy atom. The van der Waals surface area contributed by atoms with Gasteiger partial charge in [-0.15, -0.1) is 0 Å². The number of hydrogen-bond acceptors (Lipinski definition) is 5. The molecule has 0 aliphatic carbocycles. The Kier molecular flexibility index (Phi) is 5.45. The van der Waals surface area contributed by atoms with Gasteiger partial charge in [0.25, 0.3) is 0 Å². The molecule has 3 rings (SSSR count). The number of nitrogen functional groups attached to an aromatic ring is 1. The van der Waals surface area contributed by atoms with Crippen LogP contribution in [0, 0.1) is 0 Å². The van der Waals surface area contributed by atoms with Gasteiger partial charge in [0.15, 0.2) is 5.82 Å². The Hall–Kier alpha value is -1.95. The highest BCUT2D eigenvalue weighted by molar-refractivity contribution is 7.99. The van der Waals surface area contributed by atoms with Gasteiger partial charge in [-0.25, -0.2) is 9.97 Å². The fourth-order valence-electron chi connectivity index (χ4n) is 2.04. The van der Waals surface area contributed by atoms with Gasteiger partial charge in [-0.05, 0) is 35.9 Å². The van der Waals surface area contributed by atoms with Crippen LogP contribution < -0.4 is 11.1 Å². The van der Waals surface area contributed by atoms with Crippen LogP contribution in [-0.2, 0) is 6.54 Å². The van der Waals surface area contributed by atoms with Crippen molar-refractivity contribution in [3.63, 3.8) is 0 Å². The summed E-state index contributed by atoms with van der Waals surface area (Å²) in [6.45, 7) is 0.534. The van der Waals surface area contributed by atoms with Crippen molar-refractivity contribution in [2.45, 2.75) is 16.5 Å². The first-order valence-electron chi connectivity index (χ1n) is 7.14. The molecule has 0 atom stereocenters. The summed E-state index contributed by atoms with van der Waals surface area (Å²) in [6.07, 6.45) is 1.49. The third-order valence-corrected chi connectivity index (χ3v) is 4.93. The second-order valence-electron chi connectivity index (χ2n) is 4.94. The Bertz CT molecular complexity index is 840. The van der Waals surface area contributed by atoms with E-state index in [1.54, 1.807) is 0 Å². The number of halogens is 2. The van der Waals surface area contributed by atoms with E-state index in [0.29, 0.717) is 33.1 Å². The van der Waals surface area contributed by atoms with Gasteiger partial charge in [0.1, 0.15) is 17.0 Å². The van der Waals surface area contributed by atoms with Gasteiger partial charge in [-0.3, -0.25) is 0 Å². The molecule has 0 saturated carbocycles. The van der Waals surface area contributed by atoms with E-state index in [2.05, 4.69) is 15.3 Å². The lowest BCUT2D eigenvalue weighted by Gasteiger charge is -2.11. The molecule has 0 unspecified atom stereocenters. The van der Waals surface area contributed by atoms with Gasteiger partial charge >= 0.3 is 0 Å². The normalized spacial score (nSPS) is 10.6. The number of nitrogens with two attached hydrogens (primary N) is 1. The van der Waals surface area contributed by atoms with Crippen LogP contribution in [0.5, 0.6) is 0 Å². The van der Waals surface area contributed by atoms with Gasteiger partial charge in [0.2, 0.25) is 0 Å². The molecule has 1 aromatic heterocycles. The zero-order valence-corrected chi connectivity index (χ0v) is 14.9. The van der Waals surface area contributed by atoms with Crippen molar-refractivity contribution < 1.29 is 0 Å². The molecule has 122 valence electrons. The summed E-state index contributed by atoms with van der Waals surface area (Å²) in [7, 11) is 0. The predicted molar refractivity (Wildman–Crippen MR) is 101 cm³/mol. The van der Waals surface area contributed by atoms with Gasteiger partial charge in [-0.2, -0.15) is 0 Å². The van der Waals surface area contributed by atoms with Crippen molar-refractivity contribution in [2.75, 3.05) is 11.1 Å². The van der Waals surface area contributed by atoms with Gasteiger partial charge < -0.3 is 11.1 Å². The minimum atomic E-state index is 0.504. The summed E-state index contributed by atoms with van der Waals surface area (Å²) in [6, 6.07) is 15.1. The number of hydrogen-bond donors (Lipinski definition) is 2. The highest BCUT2D eigenvalue weighted by atomic mass is 35.5. The summed E-state index contributed by atoms with van der Waals surface area (Å²) in [5.74, 6) is 0.585. The molecule has 0 aliphatic heterocycles. The maximum Gasteiger partial charge on any atom is 0.154 e. The molecule has 7 heteroatoms. The van der Waals surface area contributed by atoms with Crippen LogP contribution in [0.3, 0.4) is 0 Å². The molecule has 4 nitrogen and oxygen atoms in total. The predicted octanol–water partition coefficient (Wildman–Crippen LogP) is 5.13. The number of aromatic nitrogens is 2. The highest BCUT2D eigenvalue weighted by Gasteiger charge is 2.10. The molecule has 0 saturated heterocycles. The van der Waals surface area contributed by atoms with Crippen molar-refractivity contribution in [2.24, 2.45) is 0 Å². The second-order valence-corrected chi connectivity index (χ2v) is 6.85. The Morgan fingerprint density at radius 1 is 1.00 bits per heavy atom. The highest BCUT2D eigenvalue weighted by Crippen LogP contribution is 2.33. The van der Waals surface area contributed by atoms with Gasteiger partial charge in [0.05, 0.1) is 0 Å². The van der Waals surface area contributed by atoms with Gasteiger partial charge in [0, 0.05) is 21.5 Å². The largest absolute Gasteiger partial charge is 0.394 e. The molecule has 0 bridgehead atoms. The molecule has 0 aliphatic rings. The van der Waals surface area contributed by atoms with E-state index in [1.165, 1.54) is 18.1 Å². The maximum atomic E-state index is 6.20. The quantitative estimate of drug-likeness (QED) is 0.604. The number of nitrogens with one attached hydrogen (secondary N) is 1. The van der Waals surface area contributed by atoms with Crippen LogP contribution in [0.25, 0.3) is 0 Å². The SMILES string of the molecule is Nc1c(NCc2ccccc2Cl)ncnc1Sc1ccc(Cl)cc1. The van der Waals surface area contributed by atoms with Crippen LogP contribution in [0.1, 0.15) is 5.56 Å². The fourth-order valence-corrected chi connectivity index (χ4v) is 3.17. The summed E-state index contributed by atoms with van der Waals surface area (Å²) in [5, 5.41) is 5.29.